The number of carbonyl (C=O) groups is 1. The zero-order valence-corrected chi connectivity index (χ0v) is 22.0. The van der Waals surface area contributed by atoms with Gasteiger partial charge in [0, 0.05) is 69.0 Å². The molecule has 1 saturated heterocycles. The van der Waals surface area contributed by atoms with Crippen LogP contribution in [0.4, 0.5) is 17.5 Å². The summed E-state index contributed by atoms with van der Waals surface area (Å²) in [4.78, 5) is 34.9. The number of fused-ring (bicyclic) bond motifs is 1. The Kier molecular flexibility index (Phi) is 6.90. The molecule has 194 valence electrons. The zero-order valence-electron chi connectivity index (χ0n) is 22.0. The number of carbonyl (C=O) groups excluding carboxylic acids is 1. The van der Waals surface area contributed by atoms with Gasteiger partial charge in [0.2, 0.25) is 11.9 Å². The molecule has 0 radical (unpaired) electrons. The minimum absolute atomic E-state index is 0.0280. The molecule has 5 heterocycles. The van der Waals surface area contributed by atoms with Crippen LogP contribution in [-0.4, -0.2) is 84.7 Å². The van der Waals surface area contributed by atoms with E-state index in [-0.39, 0.29) is 11.9 Å². The van der Waals surface area contributed by atoms with Gasteiger partial charge in [0.05, 0.1) is 28.6 Å². The highest BCUT2D eigenvalue weighted by atomic mass is 16.2. The lowest BCUT2D eigenvalue weighted by atomic mass is 10.1. The minimum Gasteiger partial charge on any atom is -0.357 e. The predicted octanol–water partition coefficient (Wildman–Crippen LogP) is 3.08. The quantitative estimate of drug-likeness (QED) is 0.353. The van der Waals surface area contributed by atoms with Crippen LogP contribution in [0.5, 0.6) is 0 Å². The third-order valence-corrected chi connectivity index (χ3v) is 7.00. The van der Waals surface area contributed by atoms with Crippen molar-refractivity contribution in [1.82, 2.24) is 39.5 Å². The molecule has 5 rings (SSSR count). The Hall–Kier alpha value is -3.83. The summed E-state index contributed by atoms with van der Waals surface area (Å²) >= 11 is 0. The number of nitrogens with zero attached hydrogens (tertiary/aromatic N) is 7. The molecule has 0 saturated carbocycles. The molecule has 1 aliphatic rings. The van der Waals surface area contributed by atoms with Gasteiger partial charge in [0.1, 0.15) is 0 Å². The summed E-state index contributed by atoms with van der Waals surface area (Å²) < 4.78 is 1.75. The van der Waals surface area contributed by atoms with Crippen molar-refractivity contribution >= 4 is 34.3 Å². The van der Waals surface area contributed by atoms with Crippen LogP contribution in [0, 0.1) is 13.8 Å². The Morgan fingerprint density at radius 1 is 1.16 bits per heavy atom. The Morgan fingerprint density at radius 3 is 2.65 bits per heavy atom. The second-order valence-electron chi connectivity index (χ2n) is 9.69. The van der Waals surface area contributed by atoms with E-state index in [0.717, 1.165) is 71.7 Å². The lowest BCUT2D eigenvalue weighted by Crippen LogP contribution is -2.52. The molecule has 37 heavy (non-hydrogen) atoms. The van der Waals surface area contributed by atoms with E-state index in [0.29, 0.717) is 11.8 Å². The number of anilines is 3. The summed E-state index contributed by atoms with van der Waals surface area (Å²) in [6.07, 6.45) is 8.08. The molecule has 4 aromatic rings. The monoisotopic (exact) mass is 502 g/mol. The van der Waals surface area contributed by atoms with E-state index < -0.39 is 0 Å². The third-order valence-electron chi connectivity index (χ3n) is 7.00. The molecular weight excluding hydrogens is 468 g/mol. The van der Waals surface area contributed by atoms with Gasteiger partial charge in [-0.15, -0.1) is 0 Å². The molecule has 3 N–H and O–H groups in total. The fraction of sp³-hybridized carbons (Fsp3) is 0.423. The van der Waals surface area contributed by atoms with Crippen molar-refractivity contribution in [1.29, 1.82) is 0 Å². The van der Waals surface area contributed by atoms with E-state index in [9.17, 15) is 4.79 Å². The minimum atomic E-state index is -0.186. The molecule has 1 aliphatic heterocycles. The average Bonchev–Trinajstić information content (AvgIpc) is 3.44. The first-order valence-electron chi connectivity index (χ1n) is 12.6. The van der Waals surface area contributed by atoms with Gasteiger partial charge < -0.3 is 20.5 Å². The Bertz CT molecular complexity index is 1420. The molecule has 0 aliphatic carbocycles. The highest BCUT2D eigenvalue weighted by Crippen LogP contribution is 2.33. The molecule has 0 bridgehead atoms. The van der Waals surface area contributed by atoms with Crippen LogP contribution in [0.15, 0.2) is 30.9 Å². The van der Waals surface area contributed by atoms with Crippen molar-refractivity contribution in [2.75, 3.05) is 43.9 Å². The number of H-pyrrole nitrogens is 1. The summed E-state index contributed by atoms with van der Waals surface area (Å²) in [7, 11) is 3.99. The van der Waals surface area contributed by atoms with Crippen molar-refractivity contribution in [2.24, 2.45) is 7.05 Å². The Morgan fingerprint density at radius 2 is 1.95 bits per heavy atom. The van der Waals surface area contributed by atoms with Crippen LogP contribution in [0.2, 0.25) is 0 Å². The number of hydrogen-bond donors (Lipinski definition) is 3. The number of likely N-dealkylation sites (N-methyl/N-ethyl adjacent to an activating group) is 1. The van der Waals surface area contributed by atoms with Crippen LogP contribution < -0.4 is 10.6 Å². The van der Waals surface area contributed by atoms with E-state index in [1.807, 2.05) is 39.4 Å². The molecule has 11 nitrogen and oxygen atoms in total. The molecule has 1 atom stereocenters. The number of piperazine rings is 1. The standard InChI is InChI=1S/C26H34N10O/c1-6-21(36-11-9-34(4)10-12-36)25(37)32-24-23-18(7-8-27-24)19(14-28-23)22-16(2)13-29-26(31-22)30-20-15-35(5)33-17(20)3/h7-8,13-15,21,28H,6,9-12H2,1-5H3,(H,27,32,37)(H,29,30,31). The molecule has 1 unspecified atom stereocenters. The predicted molar refractivity (Wildman–Crippen MR) is 145 cm³/mol. The zero-order chi connectivity index (χ0) is 26.1. The van der Waals surface area contributed by atoms with Gasteiger partial charge in [-0.1, -0.05) is 6.92 Å². The maximum absolute atomic E-state index is 13.3. The van der Waals surface area contributed by atoms with Crippen molar-refractivity contribution in [3.05, 3.63) is 42.1 Å². The maximum Gasteiger partial charge on any atom is 0.242 e. The highest BCUT2D eigenvalue weighted by Gasteiger charge is 2.27. The second kappa shape index (κ2) is 10.3. The first-order valence-corrected chi connectivity index (χ1v) is 12.6. The summed E-state index contributed by atoms with van der Waals surface area (Å²) in [5, 5.41) is 11.7. The van der Waals surface area contributed by atoms with Crippen LogP contribution in [-0.2, 0) is 11.8 Å². The lowest BCUT2D eigenvalue weighted by Gasteiger charge is -2.36. The molecule has 0 spiro atoms. The van der Waals surface area contributed by atoms with Crippen LogP contribution in [0.25, 0.3) is 22.2 Å². The van der Waals surface area contributed by atoms with E-state index in [1.54, 1.807) is 17.1 Å². The van der Waals surface area contributed by atoms with Gasteiger partial charge in [-0.2, -0.15) is 5.10 Å². The van der Waals surface area contributed by atoms with Gasteiger partial charge in [0.25, 0.3) is 0 Å². The summed E-state index contributed by atoms with van der Waals surface area (Å²) in [6, 6.07) is 1.75. The molecule has 1 amide bonds. The SMILES string of the molecule is CCC(C(=O)Nc1nccc2c(-c3nc(Nc4cn(C)nc4C)ncc3C)c[nH]c12)N1CCN(C)CC1. The highest BCUT2D eigenvalue weighted by molar-refractivity contribution is 6.05. The van der Waals surface area contributed by atoms with Gasteiger partial charge in [0.15, 0.2) is 5.82 Å². The van der Waals surface area contributed by atoms with Gasteiger partial charge in [-0.05, 0) is 38.9 Å². The average molecular weight is 503 g/mol. The normalized spacial score (nSPS) is 15.7. The number of aryl methyl sites for hydroxylation is 3. The first-order chi connectivity index (χ1) is 17.8. The number of hydrogen-bond acceptors (Lipinski definition) is 8. The number of rotatable bonds is 7. The lowest BCUT2D eigenvalue weighted by molar-refractivity contribution is -0.122. The number of amides is 1. The van der Waals surface area contributed by atoms with Crippen LogP contribution in [0.3, 0.4) is 0 Å². The molecule has 0 aromatic carbocycles. The van der Waals surface area contributed by atoms with E-state index in [4.69, 9.17) is 4.98 Å². The second-order valence-corrected chi connectivity index (χ2v) is 9.69. The van der Waals surface area contributed by atoms with E-state index in [1.165, 1.54) is 0 Å². The van der Waals surface area contributed by atoms with Crippen molar-refractivity contribution in [2.45, 2.75) is 33.2 Å². The van der Waals surface area contributed by atoms with Gasteiger partial charge in [-0.25, -0.2) is 15.0 Å². The largest absolute Gasteiger partial charge is 0.357 e. The van der Waals surface area contributed by atoms with E-state index in [2.05, 4.69) is 54.5 Å². The van der Waals surface area contributed by atoms with Crippen molar-refractivity contribution in [3.63, 3.8) is 0 Å². The molecule has 1 fully saturated rings. The van der Waals surface area contributed by atoms with Crippen LogP contribution in [0.1, 0.15) is 24.6 Å². The van der Waals surface area contributed by atoms with Crippen LogP contribution >= 0.6 is 0 Å². The number of pyridine rings is 1. The van der Waals surface area contributed by atoms with Crippen molar-refractivity contribution < 1.29 is 4.79 Å². The molecule has 11 heteroatoms. The number of aromatic amines is 1. The Balaban J connectivity index is 1.41. The number of nitrogens with one attached hydrogen (secondary N) is 3. The summed E-state index contributed by atoms with van der Waals surface area (Å²) in [5.74, 6) is 0.990. The van der Waals surface area contributed by atoms with Crippen molar-refractivity contribution in [3.8, 4) is 11.3 Å². The summed E-state index contributed by atoms with van der Waals surface area (Å²) in [5.41, 5.74) is 5.17. The fourth-order valence-corrected chi connectivity index (χ4v) is 4.91. The Labute approximate surface area is 216 Å². The van der Waals surface area contributed by atoms with Gasteiger partial charge >= 0.3 is 0 Å². The number of aromatic nitrogens is 6. The molecular formula is C26H34N10O. The molecule has 4 aromatic heterocycles. The smallest absolute Gasteiger partial charge is 0.242 e. The summed E-state index contributed by atoms with van der Waals surface area (Å²) in [6.45, 7) is 9.68. The van der Waals surface area contributed by atoms with Gasteiger partial charge in [-0.3, -0.25) is 14.4 Å². The topological polar surface area (TPSA) is 120 Å². The third kappa shape index (κ3) is 5.05. The fourth-order valence-electron chi connectivity index (χ4n) is 4.91. The maximum atomic E-state index is 13.3. The van der Waals surface area contributed by atoms with E-state index >= 15 is 0 Å². The first kappa shape index (κ1) is 24.8.